The van der Waals surface area contributed by atoms with E-state index in [9.17, 15) is 0 Å². The fourth-order valence-corrected chi connectivity index (χ4v) is 4.85. The maximum atomic E-state index is 6.52. The number of hydrogen-bond donors (Lipinski definition) is 2. The van der Waals surface area contributed by atoms with Crippen molar-refractivity contribution in [2.45, 2.75) is 53.4 Å². The lowest BCUT2D eigenvalue weighted by molar-refractivity contribution is 0.455. The van der Waals surface area contributed by atoms with Crippen LogP contribution in [0.15, 0.2) is 72.8 Å². The quantitative estimate of drug-likeness (QED) is 0.248. The lowest BCUT2D eigenvalue weighted by Gasteiger charge is -2.26. The van der Waals surface area contributed by atoms with Crippen LogP contribution >= 0.6 is 0 Å². The average Bonchev–Trinajstić information content (AvgIpc) is 2.83. The number of anilines is 2. The van der Waals surface area contributed by atoms with Crippen LogP contribution in [0.1, 0.15) is 59.1 Å². The van der Waals surface area contributed by atoms with Crippen molar-refractivity contribution in [3.63, 3.8) is 0 Å². The summed E-state index contributed by atoms with van der Waals surface area (Å²) in [6.45, 7) is 10.7. The molecule has 0 atom stereocenters. The van der Waals surface area contributed by atoms with Gasteiger partial charge in [0.15, 0.2) is 0 Å². The maximum Gasteiger partial charge on any atom is 0.134 e. The summed E-state index contributed by atoms with van der Waals surface area (Å²) in [6, 6.07) is 24.0. The summed E-state index contributed by atoms with van der Waals surface area (Å²) in [5, 5.41) is 0. The molecule has 0 saturated carbocycles. The highest BCUT2D eigenvalue weighted by atomic mass is 16.5. The van der Waals surface area contributed by atoms with Gasteiger partial charge in [-0.05, 0) is 93.8 Å². The summed E-state index contributed by atoms with van der Waals surface area (Å²) in [6.07, 6.45) is 1.98. The second-order valence-corrected chi connectivity index (χ2v) is 9.68. The smallest absolute Gasteiger partial charge is 0.134 e. The van der Waals surface area contributed by atoms with Gasteiger partial charge in [0, 0.05) is 28.4 Å². The average molecular weight is 481 g/mol. The Balaban J connectivity index is 1.86. The highest BCUT2D eigenvalue weighted by molar-refractivity contribution is 5.56. The first-order chi connectivity index (χ1) is 17.2. The Morgan fingerprint density at radius 1 is 0.611 bits per heavy atom. The fraction of sp³-hybridized carbons (Fsp3) is 0.250. The van der Waals surface area contributed by atoms with E-state index in [0.29, 0.717) is 11.4 Å². The summed E-state index contributed by atoms with van der Waals surface area (Å²) in [5.41, 5.74) is 20.2. The highest BCUT2D eigenvalue weighted by Gasteiger charge is 2.25. The van der Waals surface area contributed by atoms with Gasteiger partial charge in [-0.15, -0.1) is 0 Å². The summed E-state index contributed by atoms with van der Waals surface area (Å²) >= 11 is 0. The minimum absolute atomic E-state index is 0.0970. The molecule has 4 N–H and O–H groups in total. The Morgan fingerprint density at radius 3 is 1.36 bits per heavy atom. The Kier molecular flexibility index (Phi) is 7.54. The molecule has 0 fully saturated rings. The molecule has 4 nitrogen and oxygen atoms in total. The van der Waals surface area contributed by atoms with Crippen molar-refractivity contribution in [2.24, 2.45) is 0 Å². The van der Waals surface area contributed by atoms with E-state index in [2.05, 4.69) is 58.9 Å². The van der Waals surface area contributed by atoms with E-state index in [1.807, 2.05) is 48.5 Å². The van der Waals surface area contributed by atoms with E-state index in [1.54, 1.807) is 0 Å². The third kappa shape index (κ3) is 5.65. The Bertz CT molecular complexity index is 1240. The molecule has 0 aliphatic rings. The van der Waals surface area contributed by atoms with Gasteiger partial charge in [-0.3, -0.25) is 0 Å². The molecule has 0 aliphatic carbocycles. The molecular weight excluding hydrogens is 444 g/mol. The van der Waals surface area contributed by atoms with Gasteiger partial charge in [-0.1, -0.05) is 48.7 Å². The van der Waals surface area contributed by atoms with Crippen LogP contribution in [-0.2, 0) is 0 Å². The van der Waals surface area contributed by atoms with Gasteiger partial charge in [0.05, 0.1) is 0 Å². The molecule has 0 saturated heterocycles. The molecule has 0 aromatic heterocycles. The first-order valence-electron chi connectivity index (χ1n) is 12.5. The van der Waals surface area contributed by atoms with E-state index in [4.69, 9.17) is 20.9 Å². The predicted octanol–water partition coefficient (Wildman–Crippen LogP) is 8.60. The molecule has 0 radical (unpaired) electrons. The highest BCUT2D eigenvalue weighted by Crippen LogP contribution is 2.45. The summed E-state index contributed by atoms with van der Waals surface area (Å²) < 4.78 is 13.0. The van der Waals surface area contributed by atoms with Gasteiger partial charge in [-0.25, -0.2) is 0 Å². The number of rotatable bonds is 8. The van der Waals surface area contributed by atoms with Crippen LogP contribution in [-0.4, -0.2) is 0 Å². The second kappa shape index (κ2) is 10.8. The molecule has 4 rings (SSSR count). The second-order valence-electron chi connectivity index (χ2n) is 9.68. The van der Waals surface area contributed by atoms with Crippen molar-refractivity contribution in [2.75, 3.05) is 11.5 Å². The van der Waals surface area contributed by atoms with Crippen molar-refractivity contribution in [3.8, 4) is 23.0 Å². The van der Waals surface area contributed by atoms with Gasteiger partial charge in [-0.2, -0.15) is 0 Å². The topological polar surface area (TPSA) is 70.5 Å². The maximum absolute atomic E-state index is 6.52. The van der Waals surface area contributed by atoms with Gasteiger partial charge >= 0.3 is 0 Å². The van der Waals surface area contributed by atoms with Crippen molar-refractivity contribution in [1.82, 2.24) is 0 Å². The van der Waals surface area contributed by atoms with Crippen molar-refractivity contribution in [1.29, 1.82) is 0 Å². The normalized spacial score (nSPS) is 11.1. The number of ether oxygens (including phenoxy) is 2. The third-order valence-electron chi connectivity index (χ3n) is 6.42. The Morgan fingerprint density at radius 2 is 1.00 bits per heavy atom. The number of nitrogen functional groups attached to an aromatic ring is 2. The molecule has 0 spiro atoms. The Labute approximate surface area is 214 Å². The van der Waals surface area contributed by atoms with Crippen molar-refractivity contribution < 1.29 is 9.47 Å². The van der Waals surface area contributed by atoms with Gasteiger partial charge < -0.3 is 20.9 Å². The van der Waals surface area contributed by atoms with E-state index in [0.717, 1.165) is 47.0 Å². The fourth-order valence-electron chi connectivity index (χ4n) is 4.85. The van der Waals surface area contributed by atoms with Crippen LogP contribution in [0.5, 0.6) is 23.0 Å². The lowest BCUT2D eigenvalue weighted by atomic mass is 9.83. The number of hydrogen-bond acceptors (Lipinski definition) is 4. The molecule has 0 amide bonds. The molecular formula is C32H36N2O2. The minimum Gasteiger partial charge on any atom is -0.457 e. The van der Waals surface area contributed by atoms with Crippen LogP contribution in [0, 0.1) is 27.7 Å². The molecule has 4 heteroatoms. The third-order valence-corrected chi connectivity index (χ3v) is 6.42. The van der Waals surface area contributed by atoms with E-state index >= 15 is 0 Å². The molecule has 0 heterocycles. The van der Waals surface area contributed by atoms with Crippen LogP contribution in [0.4, 0.5) is 11.4 Å². The zero-order chi connectivity index (χ0) is 25.8. The first-order valence-corrected chi connectivity index (χ1v) is 12.5. The summed E-state index contributed by atoms with van der Waals surface area (Å²) in [5.74, 6) is 3.42. The lowest BCUT2D eigenvalue weighted by Crippen LogP contribution is -2.08. The van der Waals surface area contributed by atoms with E-state index in [1.165, 1.54) is 22.3 Å². The molecule has 0 unspecified atom stereocenters. The Hall–Kier alpha value is -3.92. The monoisotopic (exact) mass is 480 g/mol. The summed E-state index contributed by atoms with van der Waals surface area (Å²) in [4.78, 5) is 0. The minimum atomic E-state index is 0.0970. The molecule has 4 aromatic carbocycles. The van der Waals surface area contributed by atoms with Crippen molar-refractivity contribution in [3.05, 3.63) is 106 Å². The SMILES string of the molecule is CCCC(c1cc(C)cc(C)c1Oc1ccc(N)cc1)c1cc(C)cc(C)c1Oc1ccc(N)cc1. The molecule has 36 heavy (non-hydrogen) atoms. The number of benzene rings is 4. The molecule has 0 bridgehead atoms. The van der Waals surface area contributed by atoms with Crippen LogP contribution < -0.4 is 20.9 Å². The molecule has 0 aliphatic heterocycles. The first kappa shape index (κ1) is 25.2. The van der Waals surface area contributed by atoms with Crippen molar-refractivity contribution >= 4 is 11.4 Å². The molecule has 186 valence electrons. The van der Waals surface area contributed by atoms with Crippen LogP contribution in [0.2, 0.25) is 0 Å². The van der Waals surface area contributed by atoms with Gasteiger partial charge in [0.2, 0.25) is 0 Å². The van der Waals surface area contributed by atoms with E-state index < -0.39 is 0 Å². The number of nitrogens with two attached hydrogens (primary N) is 2. The number of aryl methyl sites for hydroxylation is 4. The van der Waals surface area contributed by atoms with Gasteiger partial charge in [0.25, 0.3) is 0 Å². The zero-order valence-electron chi connectivity index (χ0n) is 21.9. The largest absolute Gasteiger partial charge is 0.457 e. The van der Waals surface area contributed by atoms with Crippen LogP contribution in [0.25, 0.3) is 0 Å². The van der Waals surface area contributed by atoms with Crippen LogP contribution in [0.3, 0.4) is 0 Å². The standard InChI is InChI=1S/C32H36N2O2/c1-6-7-28(29-18-20(2)16-22(4)31(29)35-26-12-8-24(33)9-13-26)30-19-21(3)17-23(5)32(30)36-27-14-10-25(34)11-15-27/h8-19,28H,6-7,33-34H2,1-5H3. The van der Waals surface area contributed by atoms with Gasteiger partial charge in [0.1, 0.15) is 23.0 Å². The molecule has 4 aromatic rings. The van der Waals surface area contributed by atoms with E-state index in [-0.39, 0.29) is 5.92 Å². The zero-order valence-corrected chi connectivity index (χ0v) is 21.9. The summed E-state index contributed by atoms with van der Waals surface area (Å²) in [7, 11) is 0. The predicted molar refractivity (Wildman–Crippen MR) is 150 cm³/mol.